The highest BCUT2D eigenvalue weighted by atomic mass is 16.5. The van der Waals surface area contributed by atoms with Crippen molar-refractivity contribution in [1.29, 1.82) is 0 Å². The number of aliphatic carboxylic acids is 1. The Morgan fingerprint density at radius 1 is 1.29 bits per heavy atom. The molecular weight excluding hydrogens is 356 g/mol. The van der Waals surface area contributed by atoms with Gasteiger partial charge in [-0.25, -0.2) is 0 Å². The number of hydrogen-bond donors (Lipinski definition) is 2. The number of rotatable bonds is 9. The highest BCUT2D eigenvalue weighted by Gasteiger charge is 2.53. The van der Waals surface area contributed by atoms with Crippen molar-refractivity contribution in [3.63, 3.8) is 0 Å². The van der Waals surface area contributed by atoms with E-state index in [0.717, 1.165) is 44.9 Å². The van der Waals surface area contributed by atoms with Crippen LogP contribution in [0.15, 0.2) is 11.6 Å². The summed E-state index contributed by atoms with van der Waals surface area (Å²) in [6, 6.07) is 0. The molecule has 0 aromatic carbocycles. The summed E-state index contributed by atoms with van der Waals surface area (Å²) in [4.78, 5) is 22.4. The van der Waals surface area contributed by atoms with Gasteiger partial charge in [0.05, 0.1) is 0 Å². The molecule has 1 saturated carbocycles. The standard InChI is InChI=1S/C23H38O5/c1-16(10-13-24)8-11-22(3)17(2)9-12-23(4)18(6-5-7-19(22)23)15-28-21(27)14-20(25)26/h6,16-17,19,24H,5,7-15H2,1-4H3,(H,25,26). The Hall–Kier alpha value is -1.36. The SMILES string of the molecule is CC(CCO)CCC1(C)C(C)CCC2(C)C(COC(=O)CC(=O)O)=CCCC21. The lowest BCUT2D eigenvalue weighted by atomic mass is 9.46. The van der Waals surface area contributed by atoms with Gasteiger partial charge in [-0.1, -0.05) is 40.2 Å². The molecule has 0 heterocycles. The van der Waals surface area contributed by atoms with Crippen molar-refractivity contribution in [3.05, 3.63) is 11.6 Å². The zero-order valence-electron chi connectivity index (χ0n) is 18.0. The molecule has 2 aliphatic carbocycles. The molecule has 1 fully saturated rings. The number of carbonyl (C=O) groups excluding carboxylic acids is 1. The maximum Gasteiger partial charge on any atom is 0.317 e. The summed E-state index contributed by atoms with van der Waals surface area (Å²) in [5, 5.41) is 18.0. The Balaban J connectivity index is 2.13. The van der Waals surface area contributed by atoms with Crippen LogP contribution in [0.4, 0.5) is 0 Å². The van der Waals surface area contributed by atoms with Gasteiger partial charge in [0.1, 0.15) is 13.0 Å². The van der Waals surface area contributed by atoms with Crippen molar-refractivity contribution >= 4 is 11.9 Å². The second-order valence-corrected chi connectivity index (χ2v) is 9.61. The quantitative estimate of drug-likeness (QED) is 0.340. The van der Waals surface area contributed by atoms with Crippen LogP contribution in [0.1, 0.15) is 79.1 Å². The number of carboxylic acid groups (broad SMARTS) is 1. The average Bonchev–Trinajstić information content (AvgIpc) is 2.62. The van der Waals surface area contributed by atoms with Crippen LogP contribution in [0.5, 0.6) is 0 Å². The third kappa shape index (κ3) is 4.97. The summed E-state index contributed by atoms with van der Waals surface area (Å²) in [5.74, 6) is -0.117. The number of ether oxygens (including phenoxy) is 1. The van der Waals surface area contributed by atoms with E-state index in [2.05, 4.69) is 33.8 Å². The Kier molecular flexibility index (Phi) is 7.72. The summed E-state index contributed by atoms with van der Waals surface area (Å²) >= 11 is 0. The van der Waals surface area contributed by atoms with E-state index >= 15 is 0 Å². The smallest absolute Gasteiger partial charge is 0.317 e. The molecule has 0 saturated heterocycles. The van der Waals surface area contributed by atoms with Crippen molar-refractivity contribution in [2.45, 2.75) is 79.1 Å². The van der Waals surface area contributed by atoms with Gasteiger partial charge in [-0.05, 0) is 72.7 Å². The first-order chi connectivity index (χ1) is 13.1. The van der Waals surface area contributed by atoms with Gasteiger partial charge in [0, 0.05) is 6.61 Å². The Bertz CT molecular complexity index is 598. The number of carbonyl (C=O) groups is 2. The summed E-state index contributed by atoms with van der Waals surface area (Å²) in [7, 11) is 0. The second-order valence-electron chi connectivity index (χ2n) is 9.61. The van der Waals surface area contributed by atoms with Crippen LogP contribution in [0.2, 0.25) is 0 Å². The van der Waals surface area contributed by atoms with E-state index in [1.807, 2.05) is 0 Å². The van der Waals surface area contributed by atoms with Crippen molar-refractivity contribution < 1.29 is 24.5 Å². The Morgan fingerprint density at radius 3 is 2.64 bits per heavy atom. The van der Waals surface area contributed by atoms with E-state index < -0.39 is 18.4 Å². The first kappa shape index (κ1) is 22.9. The van der Waals surface area contributed by atoms with Crippen LogP contribution >= 0.6 is 0 Å². The van der Waals surface area contributed by atoms with E-state index in [0.29, 0.717) is 17.8 Å². The van der Waals surface area contributed by atoms with Crippen LogP contribution in [-0.4, -0.2) is 35.4 Å². The first-order valence-electron chi connectivity index (χ1n) is 10.8. The van der Waals surface area contributed by atoms with Crippen molar-refractivity contribution in [3.8, 4) is 0 Å². The number of aliphatic hydroxyl groups excluding tert-OH is 1. The van der Waals surface area contributed by atoms with E-state index in [-0.39, 0.29) is 24.0 Å². The minimum absolute atomic E-state index is 0.00320. The molecule has 5 atom stereocenters. The lowest BCUT2D eigenvalue weighted by Gasteiger charge is -2.58. The van der Waals surface area contributed by atoms with Crippen LogP contribution in [0.3, 0.4) is 0 Å². The van der Waals surface area contributed by atoms with Crippen LogP contribution < -0.4 is 0 Å². The fourth-order valence-corrected chi connectivity index (χ4v) is 5.68. The number of carboxylic acids is 1. The molecule has 0 aromatic heterocycles. The molecular formula is C23H38O5. The molecule has 5 heteroatoms. The Morgan fingerprint density at radius 2 is 2.00 bits per heavy atom. The Labute approximate surface area is 169 Å². The van der Waals surface area contributed by atoms with E-state index in [1.54, 1.807) is 0 Å². The maximum absolute atomic E-state index is 11.7. The molecule has 0 bridgehead atoms. The highest BCUT2D eigenvalue weighted by Crippen LogP contribution is 2.62. The molecule has 0 radical (unpaired) electrons. The molecule has 0 aliphatic heterocycles. The van der Waals surface area contributed by atoms with Gasteiger partial charge in [-0.3, -0.25) is 9.59 Å². The molecule has 28 heavy (non-hydrogen) atoms. The number of esters is 1. The number of aliphatic hydroxyl groups is 1. The summed E-state index contributed by atoms with van der Waals surface area (Å²) in [6.45, 7) is 9.81. The predicted octanol–water partition coefficient (Wildman–Crippen LogP) is 4.58. The van der Waals surface area contributed by atoms with Crippen LogP contribution in [0.25, 0.3) is 0 Å². The van der Waals surface area contributed by atoms with Gasteiger partial charge in [0.2, 0.25) is 0 Å². The molecule has 2 aliphatic rings. The third-order valence-corrected chi connectivity index (χ3v) is 7.85. The van der Waals surface area contributed by atoms with Gasteiger partial charge >= 0.3 is 11.9 Å². The molecule has 0 spiro atoms. The lowest BCUT2D eigenvalue weighted by Crippen LogP contribution is -2.50. The first-order valence-corrected chi connectivity index (χ1v) is 10.8. The zero-order valence-corrected chi connectivity index (χ0v) is 18.0. The van der Waals surface area contributed by atoms with Gasteiger partial charge in [0.15, 0.2) is 0 Å². The molecule has 2 N–H and O–H groups in total. The topological polar surface area (TPSA) is 83.8 Å². The van der Waals surface area contributed by atoms with Gasteiger partial charge in [-0.15, -0.1) is 0 Å². The minimum atomic E-state index is -1.15. The number of allylic oxidation sites excluding steroid dienone is 1. The van der Waals surface area contributed by atoms with Gasteiger partial charge in [0.25, 0.3) is 0 Å². The van der Waals surface area contributed by atoms with E-state index in [4.69, 9.17) is 9.84 Å². The molecule has 0 aromatic rings. The van der Waals surface area contributed by atoms with Gasteiger partial charge in [-0.2, -0.15) is 0 Å². The molecule has 2 rings (SSSR count). The van der Waals surface area contributed by atoms with Crippen LogP contribution in [0, 0.1) is 28.6 Å². The number of fused-ring (bicyclic) bond motifs is 1. The maximum atomic E-state index is 11.7. The molecule has 160 valence electrons. The average molecular weight is 395 g/mol. The summed E-state index contributed by atoms with van der Waals surface area (Å²) in [5.41, 5.74) is 1.40. The number of hydrogen-bond acceptors (Lipinski definition) is 4. The third-order valence-electron chi connectivity index (χ3n) is 7.85. The fraction of sp³-hybridized carbons (Fsp3) is 0.826. The monoisotopic (exact) mass is 394 g/mol. The van der Waals surface area contributed by atoms with Crippen molar-refractivity contribution in [1.82, 2.24) is 0 Å². The summed E-state index contributed by atoms with van der Waals surface area (Å²) in [6.07, 6.45) is 9.15. The highest BCUT2D eigenvalue weighted by molar-refractivity contribution is 5.90. The minimum Gasteiger partial charge on any atom is -0.481 e. The normalized spacial score (nSPS) is 33.5. The molecule has 0 amide bonds. The van der Waals surface area contributed by atoms with Crippen LogP contribution in [-0.2, 0) is 14.3 Å². The molecule has 5 nitrogen and oxygen atoms in total. The predicted molar refractivity (Wildman–Crippen MR) is 109 cm³/mol. The largest absolute Gasteiger partial charge is 0.481 e. The van der Waals surface area contributed by atoms with Crippen molar-refractivity contribution in [2.24, 2.45) is 28.6 Å². The fourth-order valence-electron chi connectivity index (χ4n) is 5.68. The summed E-state index contributed by atoms with van der Waals surface area (Å²) < 4.78 is 5.32. The lowest BCUT2D eigenvalue weighted by molar-refractivity contribution is -0.151. The van der Waals surface area contributed by atoms with E-state index in [9.17, 15) is 14.7 Å². The zero-order chi connectivity index (χ0) is 20.9. The van der Waals surface area contributed by atoms with Crippen molar-refractivity contribution in [2.75, 3.05) is 13.2 Å². The van der Waals surface area contributed by atoms with Gasteiger partial charge < -0.3 is 14.9 Å². The van der Waals surface area contributed by atoms with E-state index in [1.165, 1.54) is 5.57 Å². The second kappa shape index (κ2) is 9.43. The molecule has 5 unspecified atom stereocenters.